The van der Waals surface area contributed by atoms with E-state index in [9.17, 15) is 0 Å². The number of fused-ring (bicyclic) bond motifs is 3. The van der Waals surface area contributed by atoms with E-state index in [-0.39, 0.29) is 5.82 Å². The van der Waals surface area contributed by atoms with Crippen LogP contribution >= 0.6 is 12.2 Å². The zero-order valence-electron chi connectivity index (χ0n) is 24.0. The van der Waals surface area contributed by atoms with Gasteiger partial charge in [-0.25, -0.2) is 4.39 Å². The number of halogens is 1. The fourth-order valence-corrected chi connectivity index (χ4v) is 5.88. The molecular formula is C36H45FOS. The Kier molecular flexibility index (Phi) is 11.6. The van der Waals surface area contributed by atoms with Gasteiger partial charge in [0.05, 0.1) is 0 Å². The van der Waals surface area contributed by atoms with Gasteiger partial charge >= 0.3 is 0 Å². The van der Waals surface area contributed by atoms with Crippen LogP contribution in [0.15, 0.2) is 59.0 Å². The predicted molar refractivity (Wildman–Crippen MR) is 169 cm³/mol. The molecule has 4 rings (SSSR count). The van der Waals surface area contributed by atoms with Crippen LogP contribution in [-0.2, 0) is 12.8 Å². The van der Waals surface area contributed by atoms with Gasteiger partial charge in [-0.15, -0.1) is 0 Å². The summed E-state index contributed by atoms with van der Waals surface area (Å²) >= 11 is 5.62. The van der Waals surface area contributed by atoms with Crippen molar-refractivity contribution in [3.63, 3.8) is 0 Å². The molecule has 0 atom stereocenters. The molecule has 4 aromatic rings. The van der Waals surface area contributed by atoms with Crippen molar-refractivity contribution in [1.29, 1.82) is 0 Å². The molecule has 0 aliphatic carbocycles. The van der Waals surface area contributed by atoms with E-state index in [1.807, 2.05) is 12.1 Å². The molecule has 3 aromatic carbocycles. The van der Waals surface area contributed by atoms with Gasteiger partial charge in [-0.2, -0.15) is 0 Å². The molecule has 0 bridgehead atoms. The molecule has 0 saturated heterocycles. The Morgan fingerprint density at radius 1 is 0.590 bits per heavy atom. The summed E-state index contributed by atoms with van der Waals surface area (Å²) in [6.45, 7) is 4.49. The van der Waals surface area contributed by atoms with E-state index in [0.29, 0.717) is 10.3 Å². The predicted octanol–water partition coefficient (Wildman–Crippen LogP) is 12.3. The molecular weight excluding hydrogens is 499 g/mol. The van der Waals surface area contributed by atoms with Crippen molar-refractivity contribution in [2.75, 3.05) is 0 Å². The number of unbranched alkanes of at least 4 members (excludes halogenated alkanes) is 11. The number of aryl methyl sites for hydroxylation is 2. The van der Waals surface area contributed by atoms with Crippen LogP contribution in [0.4, 0.5) is 4.39 Å². The standard InChI is InChI=1S/C36H45FOS/c1-3-5-7-9-11-12-14-16-27-18-20-28(21-19-27)30-23-24-31-32-25-22-29(17-15-13-10-8-6-4-2)34(37)35(32)38-36(39)33(31)26-30/h18-26H,3-17H2,1-2H3. The fourth-order valence-electron chi connectivity index (χ4n) is 5.62. The quantitative estimate of drug-likeness (QED) is 0.0790. The maximum Gasteiger partial charge on any atom is 0.198 e. The molecule has 0 aliphatic rings. The average Bonchev–Trinajstić information content (AvgIpc) is 2.96. The lowest BCUT2D eigenvalue weighted by atomic mass is 9.97. The lowest BCUT2D eigenvalue weighted by Crippen LogP contribution is -1.94. The van der Waals surface area contributed by atoms with E-state index in [1.165, 1.54) is 76.2 Å². The Bertz CT molecular complexity index is 1390. The molecule has 1 nitrogen and oxygen atoms in total. The van der Waals surface area contributed by atoms with Gasteiger partial charge in [-0.3, -0.25) is 0 Å². The van der Waals surface area contributed by atoms with Gasteiger partial charge in [-0.05, 0) is 71.6 Å². The Labute approximate surface area is 239 Å². The Morgan fingerprint density at radius 2 is 1.15 bits per heavy atom. The first-order valence-corrected chi connectivity index (χ1v) is 15.8. The van der Waals surface area contributed by atoms with Crippen molar-refractivity contribution in [3.8, 4) is 11.1 Å². The molecule has 0 fully saturated rings. The van der Waals surface area contributed by atoms with Gasteiger partial charge in [0.25, 0.3) is 0 Å². The van der Waals surface area contributed by atoms with Crippen molar-refractivity contribution in [2.24, 2.45) is 0 Å². The monoisotopic (exact) mass is 544 g/mol. The van der Waals surface area contributed by atoms with E-state index in [1.54, 1.807) is 0 Å². The lowest BCUT2D eigenvalue weighted by molar-refractivity contribution is 0.534. The minimum Gasteiger partial charge on any atom is -0.441 e. The van der Waals surface area contributed by atoms with Crippen molar-refractivity contribution < 1.29 is 8.81 Å². The summed E-state index contributed by atoms with van der Waals surface area (Å²) in [5.74, 6) is -0.255. The van der Waals surface area contributed by atoms with Crippen LogP contribution in [0, 0.1) is 10.5 Å². The van der Waals surface area contributed by atoms with Gasteiger partial charge in [0.2, 0.25) is 0 Å². The summed E-state index contributed by atoms with van der Waals surface area (Å²) in [7, 11) is 0. The zero-order chi connectivity index (χ0) is 27.5. The molecule has 39 heavy (non-hydrogen) atoms. The van der Waals surface area contributed by atoms with E-state index < -0.39 is 0 Å². The Morgan fingerprint density at radius 3 is 1.82 bits per heavy atom. The third-order valence-corrected chi connectivity index (χ3v) is 8.36. The van der Waals surface area contributed by atoms with Crippen LogP contribution in [0.25, 0.3) is 32.9 Å². The van der Waals surface area contributed by atoms with Crippen molar-refractivity contribution >= 4 is 34.0 Å². The Hall–Kier alpha value is -2.52. The van der Waals surface area contributed by atoms with E-state index in [0.717, 1.165) is 58.5 Å². The van der Waals surface area contributed by atoms with Crippen LogP contribution in [0.2, 0.25) is 0 Å². The first kappa shape index (κ1) is 29.5. The number of rotatable bonds is 16. The van der Waals surface area contributed by atoms with Crippen LogP contribution in [0.3, 0.4) is 0 Å². The molecule has 0 spiro atoms. The van der Waals surface area contributed by atoms with Crippen molar-refractivity contribution in [1.82, 2.24) is 0 Å². The molecule has 1 heterocycles. The highest BCUT2D eigenvalue weighted by atomic mass is 32.1. The third-order valence-electron chi connectivity index (χ3n) is 8.06. The molecule has 0 unspecified atom stereocenters. The van der Waals surface area contributed by atoms with Crippen LogP contribution in [0.5, 0.6) is 0 Å². The summed E-state index contributed by atoms with van der Waals surface area (Å²) in [5, 5.41) is 2.61. The molecule has 0 aliphatic heterocycles. The second kappa shape index (κ2) is 15.3. The fraction of sp³-hybridized carbons (Fsp3) is 0.472. The highest BCUT2D eigenvalue weighted by molar-refractivity contribution is 7.71. The number of hydrogen-bond donors (Lipinski definition) is 0. The summed E-state index contributed by atoms with van der Waals surface area (Å²) < 4.78 is 21.7. The highest BCUT2D eigenvalue weighted by Gasteiger charge is 2.14. The number of hydrogen-bond acceptors (Lipinski definition) is 2. The second-order valence-electron chi connectivity index (χ2n) is 11.2. The zero-order valence-corrected chi connectivity index (χ0v) is 24.8. The highest BCUT2D eigenvalue weighted by Crippen LogP contribution is 2.33. The SMILES string of the molecule is CCCCCCCCCc1ccc(-c2ccc3c(c2)c(=S)oc2c(F)c(CCCCCCCC)ccc23)cc1. The topological polar surface area (TPSA) is 13.1 Å². The molecule has 0 amide bonds. The third kappa shape index (κ3) is 8.01. The number of benzene rings is 3. The van der Waals surface area contributed by atoms with Gasteiger partial charge in [0.15, 0.2) is 16.1 Å². The van der Waals surface area contributed by atoms with Gasteiger partial charge < -0.3 is 4.42 Å². The molecule has 1 aromatic heterocycles. The van der Waals surface area contributed by atoms with Crippen LogP contribution in [0.1, 0.15) is 108 Å². The first-order chi connectivity index (χ1) is 19.1. The summed E-state index contributed by atoms with van der Waals surface area (Å²) in [5.41, 5.74) is 4.67. The van der Waals surface area contributed by atoms with Crippen LogP contribution in [-0.4, -0.2) is 0 Å². The van der Waals surface area contributed by atoms with Crippen LogP contribution < -0.4 is 0 Å². The van der Waals surface area contributed by atoms with E-state index in [2.05, 4.69) is 56.3 Å². The summed E-state index contributed by atoms with van der Waals surface area (Å²) in [6.07, 6.45) is 18.4. The first-order valence-electron chi connectivity index (χ1n) is 15.4. The summed E-state index contributed by atoms with van der Waals surface area (Å²) in [4.78, 5) is 0. The second-order valence-corrected chi connectivity index (χ2v) is 11.5. The molecule has 0 radical (unpaired) electrons. The van der Waals surface area contributed by atoms with Gasteiger partial charge in [0.1, 0.15) is 0 Å². The van der Waals surface area contributed by atoms with Gasteiger partial charge in [-0.1, -0.05) is 133 Å². The average molecular weight is 545 g/mol. The van der Waals surface area contributed by atoms with E-state index >= 15 is 4.39 Å². The Balaban J connectivity index is 1.44. The minimum atomic E-state index is -0.255. The smallest absolute Gasteiger partial charge is 0.198 e. The maximum absolute atomic E-state index is 15.4. The lowest BCUT2D eigenvalue weighted by Gasteiger charge is -2.10. The summed E-state index contributed by atoms with van der Waals surface area (Å²) in [6, 6.07) is 19.1. The van der Waals surface area contributed by atoms with Crippen molar-refractivity contribution in [2.45, 2.75) is 110 Å². The minimum absolute atomic E-state index is 0.255. The molecule has 3 heteroatoms. The molecule has 0 saturated carbocycles. The van der Waals surface area contributed by atoms with Gasteiger partial charge in [0, 0.05) is 10.8 Å². The largest absolute Gasteiger partial charge is 0.441 e. The molecule has 208 valence electrons. The normalized spacial score (nSPS) is 11.6. The molecule has 0 N–H and O–H groups in total. The van der Waals surface area contributed by atoms with E-state index in [4.69, 9.17) is 16.6 Å². The maximum atomic E-state index is 15.4. The van der Waals surface area contributed by atoms with Crippen molar-refractivity contribution in [3.05, 3.63) is 76.2 Å².